The zero-order chi connectivity index (χ0) is 16.7. The van der Waals surface area contributed by atoms with Crippen LogP contribution in [-0.4, -0.2) is 15.9 Å². The molecule has 0 spiro atoms. The fourth-order valence-electron chi connectivity index (χ4n) is 2.32. The second-order valence-electron chi connectivity index (χ2n) is 4.95. The molecule has 2 aromatic heterocycles. The number of carbonyl (C=O) groups excluding carboxylic acids is 1. The molecule has 0 fully saturated rings. The standard InChI is InChI=1S/C17H8Br2N2O3/c18-9-8-10(19)16(24-17(22)13-6-3-7-23-13)15-14(9)20-11-4-1-2-5-12(11)21-15/h1-8H. The summed E-state index contributed by atoms with van der Waals surface area (Å²) in [5.41, 5.74) is 2.57. The number of esters is 1. The zero-order valence-electron chi connectivity index (χ0n) is 12.0. The van der Waals surface area contributed by atoms with Crippen molar-refractivity contribution in [3.05, 3.63) is 63.4 Å². The van der Waals surface area contributed by atoms with E-state index in [2.05, 4.69) is 41.8 Å². The molecule has 0 saturated heterocycles. The summed E-state index contributed by atoms with van der Waals surface area (Å²) in [4.78, 5) is 21.4. The Kier molecular flexibility index (Phi) is 3.82. The lowest BCUT2D eigenvalue weighted by atomic mass is 10.2. The van der Waals surface area contributed by atoms with Crippen LogP contribution in [0.3, 0.4) is 0 Å². The fourth-order valence-corrected chi connectivity index (χ4v) is 3.63. The van der Waals surface area contributed by atoms with Gasteiger partial charge in [0, 0.05) is 4.47 Å². The lowest BCUT2D eigenvalue weighted by Gasteiger charge is -2.10. The molecule has 118 valence electrons. The van der Waals surface area contributed by atoms with E-state index in [-0.39, 0.29) is 5.76 Å². The van der Waals surface area contributed by atoms with Crippen molar-refractivity contribution in [2.24, 2.45) is 0 Å². The Balaban J connectivity index is 1.93. The van der Waals surface area contributed by atoms with E-state index in [1.807, 2.05) is 24.3 Å². The van der Waals surface area contributed by atoms with Gasteiger partial charge in [0.1, 0.15) is 11.0 Å². The molecule has 0 atom stereocenters. The van der Waals surface area contributed by atoms with Crippen LogP contribution in [0.25, 0.3) is 22.1 Å². The Morgan fingerprint density at radius 2 is 1.67 bits per heavy atom. The largest absolute Gasteiger partial charge is 0.457 e. The van der Waals surface area contributed by atoms with Crippen molar-refractivity contribution in [3.8, 4) is 5.75 Å². The van der Waals surface area contributed by atoms with Crippen molar-refractivity contribution in [2.75, 3.05) is 0 Å². The van der Waals surface area contributed by atoms with Gasteiger partial charge in [0.2, 0.25) is 5.76 Å². The van der Waals surface area contributed by atoms with Gasteiger partial charge in [0.15, 0.2) is 5.75 Å². The topological polar surface area (TPSA) is 65.2 Å². The van der Waals surface area contributed by atoms with Crippen LogP contribution < -0.4 is 4.74 Å². The number of ether oxygens (including phenoxy) is 1. The normalized spacial score (nSPS) is 11.1. The van der Waals surface area contributed by atoms with Crippen LogP contribution in [0.5, 0.6) is 5.75 Å². The molecule has 0 N–H and O–H groups in total. The van der Waals surface area contributed by atoms with E-state index in [0.29, 0.717) is 26.8 Å². The minimum Gasteiger partial charge on any atom is -0.457 e. The van der Waals surface area contributed by atoms with Gasteiger partial charge in [-0.2, -0.15) is 0 Å². The van der Waals surface area contributed by atoms with Gasteiger partial charge < -0.3 is 9.15 Å². The summed E-state index contributed by atoms with van der Waals surface area (Å²) in [6, 6.07) is 12.4. The monoisotopic (exact) mass is 446 g/mol. The smallest absolute Gasteiger partial charge is 0.379 e. The third-order valence-corrected chi connectivity index (χ3v) is 4.59. The highest BCUT2D eigenvalue weighted by atomic mass is 79.9. The number of benzene rings is 2. The molecule has 0 bridgehead atoms. The highest BCUT2D eigenvalue weighted by Gasteiger charge is 2.19. The Labute approximate surface area is 152 Å². The van der Waals surface area contributed by atoms with Crippen molar-refractivity contribution in [3.63, 3.8) is 0 Å². The Morgan fingerprint density at radius 3 is 2.33 bits per heavy atom. The number of carbonyl (C=O) groups is 1. The van der Waals surface area contributed by atoms with Crippen molar-refractivity contribution >= 4 is 59.9 Å². The highest BCUT2D eigenvalue weighted by molar-refractivity contribution is 9.11. The number of para-hydroxylation sites is 2. The van der Waals surface area contributed by atoms with Crippen LogP contribution in [0.15, 0.2) is 62.1 Å². The average Bonchev–Trinajstić information content (AvgIpc) is 3.12. The first-order valence-electron chi connectivity index (χ1n) is 6.93. The predicted octanol–water partition coefficient (Wildman–Crippen LogP) is 5.12. The number of aromatic nitrogens is 2. The zero-order valence-corrected chi connectivity index (χ0v) is 15.2. The van der Waals surface area contributed by atoms with Gasteiger partial charge in [-0.05, 0) is 62.2 Å². The fraction of sp³-hybridized carbons (Fsp3) is 0. The maximum absolute atomic E-state index is 12.2. The third-order valence-electron chi connectivity index (χ3n) is 3.40. The second kappa shape index (κ2) is 5.99. The molecule has 5 nitrogen and oxygen atoms in total. The van der Waals surface area contributed by atoms with Gasteiger partial charge in [-0.25, -0.2) is 14.8 Å². The molecule has 4 aromatic rings. The Morgan fingerprint density at radius 1 is 0.958 bits per heavy atom. The SMILES string of the molecule is O=C(Oc1c(Br)cc(Br)c2nc3ccccc3nc12)c1ccco1. The van der Waals surface area contributed by atoms with Gasteiger partial charge in [-0.1, -0.05) is 12.1 Å². The number of furan rings is 1. The minimum atomic E-state index is -0.598. The quantitative estimate of drug-likeness (QED) is 0.242. The van der Waals surface area contributed by atoms with Crippen molar-refractivity contribution in [1.29, 1.82) is 0 Å². The van der Waals surface area contributed by atoms with Crippen LogP contribution >= 0.6 is 31.9 Å². The van der Waals surface area contributed by atoms with Gasteiger partial charge in [-0.15, -0.1) is 0 Å². The number of hydrogen-bond acceptors (Lipinski definition) is 5. The molecule has 0 amide bonds. The van der Waals surface area contributed by atoms with Gasteiger partial charge in [0.25, 0.3) is 0 Å². The van der Waals surface area contributed by atoms with Crippen molar-refractivity contribution in [1.82, 2.24) is 9.97 Å². The summed E-state index contributed by atoms with van der Waals surface area (Å²) < 4.78 is 11.9. The van der Waals surface area contributed by atoms with Crippen LogP contribution in [-0.2, 0) is 0 Å². The first-order valence-corrected chi connectivity index (χ1v) is 8.52. The lowest BCUT2D eigenvalue weighted by molar-refractivity contribution is 0.0702. The van der Waals surface area contributed by atoms with E-state index in [1.165, 1.54) is 6.26 Å². The summed E-state index contributed by atoms with van der Waals surface area (Å²) in [7, 11) is 0. The maximum atomic E-state index is 12.2. The molecule has 7 heteroatoms. The average molecular weight is 448 g/mol. The minimum absolute atomic E-state index is 0.117. The van der Waals surface area contributed by atoms with E-state index in [1.54, 1.807) is 18.2 Å². The highest BCUT2D eigenvalue weighted by Crippen LogP contribution is 2.37. The van der Waals surface area contributed by atoms with Crippen molar-refractivity contribution < 1.29 is 13.9 Å². The number of halogens is 2. The molecule has 4 rings (SSSR count). The lowest BCUT2D eigenvalue weighted by Crippen LogP contribution is -2.08. The molecule has 0 unspecified atom stereocenters. The van der Waals surface area contributed by atoms with Gasteiger partial charge >= 0.3 is 5.97 Å². The molecule has 0 aliphatic rings. The van der Waals surface area contributed by atoms with Crippen LogP contribution in [0.1, 0.15) is 10.6 Å². The summed E-state index contributed by atoms with van der Waals surface area (Å²) >= 11 is 6.90. The summed E-state index contributed by atoms with van der Waals surface area (Å²) in [5, 5.41) is 0. The van der Waals surface area contributed by atoms with E-state index in [4.69, 9.17) is 9.15 Å². The van der Waals surface area contributed by atoms with E-state index in [0.717, 1.165) is 9.99 Å². The summed E-state index contributed by atoms with van der Waals surface area (Å²) in [6.07, 6.45) is 1.42. The first kappa shape index (κ1) is 15.3. The molecule has 2 aromatic carbocycles. The van der Waals surface area contributed by atoms with Crippen molar-refractivity contribution in [2.45, 2.75) is 0 Å². The Hall–Kier alpha value is -2.25. The summed E-state index contributed by atoms with van der Waals surface area (Å²) in [6.45, 7) is 0. The van der Waals surface area contributed by atoms with E-state index < -0.39 is 5.97 Å². The van der Waals surface area contributed by atoms with Crippen LogP contribution in [0.2, 0.25) is 0 Å². The number of fused-ring (bicyclic) bond motifs is 2. The molecule has 2 heterocycles. The molecule has 0 radical (unpaired) electrons. The van der Waals surface area contributed by atoms with Crippen LogP contribution in [0.4, 0.5) is 0 Å². The molecule has 0 saturated carbocycles. The number of rotatable bonds is 2. The molecular weight excluding hydrogens is 440 g/mol. The number of hydrogen-bond donors (Lipinski definition) is 0. The molecule has 24 heavy (non-hydrogen) atoms. The number of nitrogens with zero attached hydrogens (tertiary/aromatic N) is 2. The first-order chi connectivity index (χ1) is 11.6. The Bertz CT molecular complexity index is 1080. The third kappa shape index (κ3) is 2.59. The summed E-state index contributed by atoms with van der Waals surface area (Å²) in [5.74, 6) is -0.182. The molecule has 0 aliphatic heterocycles. The predicted molar refractivity (Wildman–Crippen MR) is 96.1 cm³/mol. The maximum Gasteiger partial charge on any atom is 0.379 e. The van der Waals surface area contributed by atoms with E-state index in [9.17, 15) is 4.79 Å². The van der Waals surface area contributed by atoms with Gasteiger partial charge in [-0.3, -0.25) is 0 Å². The molecular formula is C17H8Br2N2O3. The molecule has 0 aliphatic carbocycles. The second-order valence-corrected chi connectivity index (χ2v) is 6.65. The van der Waals surface area contributed by atoms with E-state index >= 15 is 0 Å². The van der Waals surface area contributed by atoms with Gasteiger partial charge in [0.05, 0.1) is 21.8 Å². The van der Waals surface area contributed by atoms with Crippen LogP contribution in [0, 0.1) is 0 Å².